The van der Waals surface area contributed by atoms with E-state index in [0.29, 0.717) is 17.6 Å². The molecule has 15 heavy (non-hydrogen) atoms. The SMILES string of the molecule is ClCCCc1nc(C2CSCCO2)no1. The molecule has 1 atom stereocenters. The van der Waals surface area contributed by atoms with Crippen molar-refractivity contribution in [2.24, 2.45) is 0 Å². The maximum absolute atomic E-state index is 5.59. The van der Waals surface area contributed by atoms with Crippen LogP contribution in [0.5, 0.6) is 0 Å². The van der Waals surface area contributed by atoms with Crippen LogP contribution in [0.2, 0.25) is 0 Å². The number of hydrogen-bond donors (Lipinski definition) is 0. The van der Waals surface area contributed by atoms with Gasteiger partial charge in [-0.2, -0.15) is 16.7 Å². The first-order valence-electron chi connectivity index (χ1n) is 4.98. The van der Waals surface area contributed by atoms with Crippen molar-refractivity contribution < 1.29 is 9.26 Å². The number of aryl methyl sites for hydroxylation is 1. The molecule has 0 spiro atoms. The van der Waals surface area contributed by atoms with Crippen LogP contribution in [0, 0.1) is 0 Å². The number of ether oxygens (including phenoxy) is 1. The Bertz CT molecular complexity index is 302. The zero-order valence-electron chi connectivity index (χ0n) is 8.32. The van der Waals surface area contributed by atoms with E-state index in [1.54, 1.807) is 0 Å². The largest absolute Gasteiger partial charge is 0.368 e. The number of rotatable bonds is 4. The predicted octanol–water partition coefficient (Wildman–Crippen LogP) is 2.05. The molecular formula is C9H13ClN2O2S. The fourth-order valence-electron chi connectivity index (χ4n) is 1.36. The second-order valence-corrected chi connectivity index (χ2v) is 4.80. The third-order valence-electron chi connectivity index (χ3n) is 2.11. The van der Waals surface area contributed by atoms with Crippen molar-refractivity contribution in [2.75, 3.05) is 24.0 Å². The zero-order chi connectivity index (χ0) is 10.5. The van der Waals surface area contributed by atoms with Crippen LogP contribution in [0.1, 0.15) is 24.2 Å². The third kappa shape index (κ3) is 3.09. The number of alkyl halides is 1. The summed E-state index contributed by atoms with van der Waals surface area (Å²) in [4.78, 5) is 4.30. The minimum Gasteiger partial charge on any atom is -0.368 e. The molecule has 1 unspecified atom stereocenters. The minimum absolute atomic E-state index is 0.00254. The Balaban J connectivity index is 1.93. The molecule has 1 aromatic heterocycles. The van der Waals surface area contributed by atoms with Crippen molar-refractivity contribution in [1.82, 2.24) is 10.1 Å². The molecule has 1 aliphatic heterocycles. The van der Waals surface area contributed by atoms with E-state index in [1.807, 2.05) is 11.8 Å². The summed E-state index contributed by atoms with van der Waals surface area (Å²) >= 11 is 7.45. The van der Waals surface area contributed by atoms with Crippen LogP contribution in [0.4, 0.5) is 0 Å². The Kier molecular flexibility index (Phi) is 4.29. The van der Waals surface area contributed by atoms with Gasteiger partial charge in [-0.15, -0.1) is 11.6 Å². The highest BCUT2D eigenvalue weighted by Gasteiger charge is 2.21. The summed E-state index contributed by atoms with van der Waals surface area (Å²) in [6.07, 6.45) is 1.61. The van der Waals surface area contributed by atoms with Crippen molar-refractivity contribution >= 4 is 23.4 Å². The molecule has 0 radical (unpaired) electrons. The Morgan fingerprint density at radius 1 is 1.53 bits per heavy atom. The molecule has 0 aliphatic carbocycles. The smallest absolute Gasteiger partial charge is 0.226 e. The van der Waals surface area contributed by atoms with Gasteiger partial charge in [0.15, 0.2) is 0 Å². The topological polar surface area (TPSA) is 48.2 Å². The first kappa shape index (κ1) is 11.2. The highest BCUT2D eigenvalue weighted by molar-refractivity contribution is 7.99. The first-order chi connectivity index (χ1) is 7.40. The van der Waals surface area contributed by atoms with Gasteiger partial charge in [-0.05, 0) is 6.42 Å². The standard InChI is InChI=1S/C9H13ClN2O2S/c10-3-1-2-8-11-9(12-14-8)7-6-15-5-4-13-7/h7H,1-6H2. The third-order valence-corrected chi connectivity index (χ3v) is 3.37. The van der Waals surface area contributed by atoms with Crippen molar-refractivity contribution in [3.63, 3.8) is 0 Å². The monoisotopic (exact) mass is 248 g/mol. The van der Waals surface area contributed by atoms with Gasteiger partial charge in [-0.3, -0.25) is 0 Å². The van der Waals surface area contributed by atoms with E-state index in [0.717, 1.165) is 31.0 Å². The predicted molar refractivity (Wildman–Crippen MR) is 59.4 cm³/mol. The van der Waals surface area contributed by atoms with Gasteiger partial charge in [-0.25, -0.2) is 0 Å². The Morgan fingerprint density at radius 2 is 2.47 bits per heavy atom. The molecule has 6 heteroatoms. The summed E-state index contributed by atoms with van der Waals surface area (Å²) in [7, 11) is 0. The van der Waals surface area contributed by atoms with E-state index in [1.165, 1.54) is 0 Å². The van der Waals surface area contributed by atoms with Crippen LogP contribution in [-0.2, 0) is 11.2 Å². The fourth-order valence-corrected chi connectivity index (χ4v) is 2.33. The van der Waals surface area contributed by atoms with Crippen LogP contribution in [0.3, 0.4) is 0 Å². The zero-order valence-corrected chi connectivity index (χ0v) is 9.89. The van der Waals surface area contributed by atoms with Gasteiger partial charge in [0.1, 0.15) is 6.10 Å². The first-order valence-corrected chi connectivity index (χ1v) is 6.67. The van der Waals surface area contributed by atoms with Crippen LogP contribution in [0.25, 0.3) is 0 Å². The van der Waals surface area contributed by atoms with Crippen molar-refractivity contribution in [3.05, 3.63) is 11.7 Å². The summed E-state index contributed by atoms with van der Waals surface area (Å²) in [5.41, 5.74) is 0. The molecule has 1 aliphatic rings. The molecule has 0 bridgehead atoms. The summed E-state index contributed by atoms with van der Waals surface area (Å²) < 4.78 is 10.7. The summed E-state index contributed by atoms with van der Waals surface area (Å²) in [5, 5.41) is 3.93. The summed E-state index contributed by atoms with van der Waals surface area (Å²) in [5.74, 6) is 3.91. The molecule has 0 saturated carbocycles. The number of aromatic nitrogens is 2. The van der Waals surface area contributed by atoms with Gasteiger partial charge in [0.2, 0.25) is 11.7 Å². The highest BCUT2D eigenvalue weighted by atomic mass is 35.5. The lowest BCUT2D eigenvalue weighted by Gasteiger charge is -2.18. The minimum atomic E-state index is -0.00254. The number of halogens is 1. The maximum atomic E-state index is 5.59. The molecule has 2 heterocycles. The van der Waals surface area contributed by atoms with Crippen LogP contribution in [0.15, 0.2) is 4.52 Å². The molecule has 0 N–H and O–H groups in total. The molecular weight excluding hydrogens is 236 g/mol. The van der Waals surface area contributed by atoms with Crippen molar-refractivity contribution in [3.8, 4) is 0 Å². The molecule has 2 rings (SSSR count). The van der Waals surface area contributed by atoms with Gasteiger partial charge in [-0.1, -0.05) is 5.16 Å². The average molecular weight is 249 g/mol. The summed E-state index contributed by atoms with van der Waals surface area (Å²) in [6, 6.07) is 0. The van der Waals surface area contributed by atoms with Gasteiger partial charge < -0.3 is 9.26 Å². The lowest BCUT2D eigenvalue weighted by atomic mass is 10.3. The lowest BCUT2D eigenvalue weighted by molar-refractivity contribution is 0.0677. The highest BCUT2D eigenvalue weighted by Crippen LogP contribution is 2.24. The Morgan fingerprint density at radius 3 is 3.20 bits per heavy atom. The molecule has 0 aromatic carbocycles. The van der Waals surface area contributed by atoms with Crippen LogP contribution >= 0.6 is 23.4 Å². The van der Waals surface area contributed by atoms with E-state index >= 15 is 0 Å². The molecule has 1 saturated heterocycles. The van der Waals surface area contributed by atoms with Crippen LogP contribution in [-0.4, -0.2) is 34.1 Å². The van der Waals surface area contributed by atoms with E-state index in [4.69, 9.17) is 20.9 Å². The van der Waals surface area contributed by atoms with Crippen LogP contribution < -0.4 is 0 Å². The van der Waals surface area contributed by atoms with Crippen molar-refractivity contribution in [2.45, 2.75) is 18.9 Å². The molecule has 1 aromatic rings. The fraction of sp³-hybridized carbons (Fsp3) is 0.778. The Labute approximate surface area is 97.7 Å². The molecule has 84 valence electrons. The van der Waals surface area contributed by atoms with Gasteiger partial charge in [0, 0.05) is 23.8 Å². The average Bonchev–Trinajstić information content (AvgIpc) is 2.76. The van der Waals surface area contributed by atoms with Gasteiger partial charge in [0.05, 0.1) is 6.61 Å². The van der Waals surface area contributed by atoms with E-state index in [9.17, 15) is 0 Å². The van der Waals surface area contributed by atoms with Gasteiger partial charge >= 0.3 is 0 Å². The number of nitrogens with zero attached hydrogens (tertiary/aromatic N) is 2. The van der Waals surface area contributed by atoms with E-state index < -0.39 is 0 Å². The second-order valence-electron chi connectivity index (χ2n) is 3.27. The molecule has 0 amide bonds. The number of thioether (sulfide) groups is 1. The molecule has 4 nitrogen and oxygen atoms in total. The Hall–Kier alpha value is -0.260. The normalized spacial score (nSPS) is 21.8. The molecule has 1 fully saturated rings. The quantitative estimate of drug-likeness (QED) is 0.764. The van der Waals surface area contributed by atoms with E-state index in [-0.39, 0.29) is 6.10 Å². The van der Waals surface area contributed by atoms with Gasteiger partial charge in [0.25, 0.3) is 0 Å². The summed E-state index contributed by atoms with van der Waals surface area (Å²) in [6.45, 7) is 0.765. The number of hydrogen-bond acceptors (Lipinski definition) is 5. The lowest BCUT2D eigenvalue weighted by Crippen LogP contribution is -2.16. The van der Waals surface area contributed by atoms with E-state index in [2.05, 4.69) is 10.1 Å². The van der Waals surface area contributed by atoms with Crippen molar-refractivity contribution in [1.29, 1.82) is 0 Å². The maximum Gasteiger partial charge on any atom is 0.226 e. The second kappa shape index (κ2) is 5.72.